The molecule has 0 aromatic heterocycles. The van der Waals surface area contributed by atoms with Crippen molar-refractivity contribution in [3.63, 3.8) is 0 Å². The summed E-state index contributed by atoms with van der Waals surface area (Å²) in [4.78, 5) is 28.8. The van der Waals surface area contributed by atoms with Gasteiger partial charge in [0.2, 0.25) is 5.91 Å². The second kappa shape index (κ2) is 11.4. The van der Waals surface area contributed by atoms with Gasteiger partial charge in [0.1, 0.15) is 16.4 Å². The number of ether oxygens (including phenoxy) is 3. The molecule has 1 amide bonds. The first-order valence-electron chi connectivity index (χ1n) is 9.96. The van der Waals surface area contributed by atoms with Crippen LogP contribution < -0.4 is 9.47 Å². The van der Waals surface area contributed by atoms with Crippen LogP contribution in [0.1, 0.15) is 46.1 Å². The highest BCUT2D eigenvalue weighted by atomic mass is 32.2. The van der Waals surface area contributed by atoms with E-state index in [2.05, 4.69) is 4.99 Å². The number of amides is 1. The van der Waals surface area contributed by atoms with Gasteiger partial charge in [-0.15, -0.1) is 0 Å². The van der Waals surface area contributed by atoms with Crippen molar-refractivity contribution < 1.29 is 28.9 Å². The van der Waals surface area contributed by atoms with Crippen LogP contribution in [0.2, 0.25) is 0 Å². The van der Waals surface area contributed by atoms with Crippen LogP contribution in [0.3, 0.4) is 0 Å². The van der Waals surface area contributed by atoms with Crippen LogP contribution in [0.5, 0.6) is 11.5 Å². The molecule has 1 heterocycles. The van der Waals surface area contributed by atoms with Crippen LogP contribution in [0.15, 0.2) is 39.4 Å². The quantitative estimate of drug-likeness (QED) is 0.565. The summed E-state index contributed by atoms with van der Waals surface area (Å²) in [5, 5.41) is 10.8. The molecule has 1 aliphatic rings. The molecule has 1 aromatic carbocycles. The molecule has 1 aliphatic heterocycles. The summed E-state index contributed by atoms with van der Waals surface area (Å²) in [6.45, 7) is 8.43. The van der Waals surface area contributed by atoms with Gasteiger partial charge in [-0.2, -0.15) is 0 Å². The summed E-state index contributed by atoms with van der Waals surface area (Å²) in [6.07, 6.45) is 2.60. The number of thioether (sulfide) groups is 1. The maximum Gasteiger partial charge on any atom is 0.344 e. The Bertz CT molecular complexity index is 888. The van der Waals surface area contributed by atoms with Gasteiger partial charge < -0.3 is 19.3 Å². The molecule has 0 saturated carbocycles. The van der Waals surface area contributed by atoms with Crippen LogP contribution >= 0.6 is 11.8 Å². The average Bonchev–Trinajstić information content (AvgIpc) is 2.99. The molecule has 0 saturated heterocycles. The smallest absolute Gasteiger partial charge is 0.344 e. The van der Waals surface area contributed by atoms with Crippen molar-refractivity contribution in [2.45, 2.75) is 40.5 Å². The number of carbonyl (C=O) groups excluding carboxylic acids is 2. The van der Waals surface area contributed by atoms with E-state index >= 15 is 0 Å². The van der Waals surface area contributed by atoms with E-state index in [0.717, 1.165) is 17.3 Å². The topological polar surface area (TPSA) is 94.4 Å². The van der Waals surface area contributed by atoms with Crippen molar-refractivity contribution in [3.8, 4) is 11.5 Å². The largest absolute Gasteiger partial charge is 0.506 e. The summed E-state index contributed by atoms with van der Waals surface area (Å²) in [7, 11) is 0. The lowest BCUT2D eigenvalue weighted by molar-refractivity contribution is -0.138. The van der Waals surface area contributed by atoms with Crippen LogP contribution in [0.4, 0.5) is 0 Å². The Kier molecular flexibility index (Phi) is 8.98. The van der Waals surface area contributed by atoms with Crippen molar-refractivity contribution in [1.82, 2.24) is 0 Å². The Morgan fingerprint density at radius 1 is 1.07 bits per heavy atom. The molecule has 0 spiro atoms. The standard InChI is InChI=1S/C22H27NO6S/c1-5-9-18(24)23-21-19(22(26)29-8-4)20(25)17(30-21)13-14-10-11-15(27-6-2)16(12-14)28-7-3/h10-13,25H,5-9H2,1-4H3/b17-13-,23-21?. The molecule has 162 valence electrons. The number of aliphatic hydroxyl groups excluding tert-OH is 1. The maximum absolute atomic E-state index is 12.4. The molecule has 0 radical (unpaired) electrons. The molecular formula is C22H27NO6S. The van der Waals surface area contributed by atoms with E-state index in [1.165, 1.54) is 0 Å². The van der Waals surface area contributed by atoms with Gasteiger partial charge in [-0.1, -0.05) is 24.8 Å². The number of esters is 1. The molecule has 0 atom stereocenters. The van der Waals surface area contributed by atoms with E-state index in [4.69, 9.17) is 14.2 Å². The first-order chi connectivity index (χ1) is 14.4. The zero-order valence-corrected chi connectivity index (χ0v) is 18.5. The van der Waals surface area contributed by atoms with Gasteiger partial charge in [-0.3, -0.25) is 4.79 Å². The van der Waals surface area contributed by atoms with Crippen molar-refractivity contribution in [2.75, 3.05) is 19.8 Å². The minimum Gasteiger partial charge on any atom is -0.506 e. The fraction of sp³-hybridized carbons (Fsp3) is 0.409. The molecule has 0 aliphatic carbocycles. The third-order valence-electron chi connectivity index (χ3n) is 3.93. The molecule has 1 aromatic rings. The number of aliphatic hydroxyl groups is 1. The second-order valence-corrected chi connectivity index (χ2v) is 7.22. The van der Waals surface area contributed by atoms with E-state index in [0.29, 0.717) is 36.0 Å². The summed E-state index contributed by atoms with van der Waals surface area (Å²) in [6, 6.07) is 5.39. The van der Waals surface area contributed by atoms with Crippen LogP contribution in [0, 0.1) is 0 Å². The summed E-state index contributed by atoms with van der Waals surface area (Å²) in [5.74, 6) is -0.114. The Labute approximate surface area is 180 Å². The predicted molar refractivity (Wildman–Crippen MR) is 118 cm³/mol. The fourth-order valence-electron chi connectivity index (χ4n) is 2.68. The number of benzene rings is 1. The fourth-order valence-corrected chi connectivity index (χ4v) is 3.72. The highest BCUT2D eigenvalue weighted by molar-refractivity contribution is 8.18. The van der Waals surface area contributed by atoms with Crippen LogP contribution in [0.25, 0.3) is 6.08 Å². The van der Waals surface area contributed by atoms with Crippen molar-refractivity contribution in [2.24, 2.45) is 4.99 Å². The molecule has 7 nitrogen and oxygen atoms in total. The Morgan fingerprint density at radius 2 is 1.77 bits per heavy atom. The summed E-state index contributed by atoms with van der Waals surface area (Å²) >= 11 is 1.06. The number of rotatable bonds is 9. The number of hydrogen-bond donors (Lipinski definition) is 1. The van der Waals surface area contributed by atoms with Crippen LogP contribution in [-0.2, 0) is 14.3 Å². The van der Waals surface area contributed by atoms with Gasteiger partial charge in [0, 0.05) is 6.42 Å². The molecule has 30 heavy (non-hydrogen) atoms. The summed E-state index contributed by atoms with van der Waals surface area (Å²) < 4.78 is 16.2. The normalized spacial score (nSPS) is 16.3. The Balaban J connectivity index is 2.45. The van der Waals surface area contributed by atoms with Gasteiger partial charge in [0.15, 0.2) is 11.5 Å². The SMILES string of the molecule is CCCC(=O)N=C1S/C(=C\c2ccc(OCC)c(OCC)c2)C(O)=C1C(=O)OCC. The van der Waals surface area contributed by atoms with E-state index in [-0.39, 0.29) is 35.3 Å². The lowest BCUT2D eigenvalue weighted by Gasteiger charge is -2.11. The molecule has 0 unspecified atom stereocenters. The Hall–Kier alpha value is -2.74. The number of hydrogen-bond acceptors (Lipinski definition) is 7. The zero-order chi connectivity index (χ0) is 22.1. The molecule has 2 rings (SSSR count). The van der Waals surface area contributed by atoms with Gasteiger partial charge in [-0.25, -0.2) is 9.79 Å². The zero-order valence-electron chi connectivity index (χ0n) is 17.7. The number of nitrogens with zero attached hydrogens (tertiary/aromatic N) is 1. The third kappa shape index (κ3) is 5.89. The Morgan fingerprint density at radius 3 is 2.40 bits per heavy atom. The predicted octanol–water partition coefficient (Wildman–Crippen LogP) is 4.67. The van der Waals surface area contributed by atoms with Crippen molar-refractivity contribution in [1.29, 1.82) is 0 Å². The van der Waals surface area contributed by atoms with Gasteiger partial charge in [0.05, 0.1) is 24.7 Å². The first-order valence-corrected chi connectivity index (χ1v) is 10.8. The van der Waals surface area contributed by atoms with E-state index in [9.17, 15) is 14.7 Å². The molecule has 1 N–H and O–H groups in total. The molecular weight excluding hydrogens is 406 g/mol. The first kappa shape index (κ1) is 23.5. The van der Waals surface area contributed by atoms with Gasteiger partial charge in [-0.05, 0) is 51.0 Å². The number of aliphatic imine (C=N–C) groups is 1. The molecule has 8 heteroatoms. The molecule has 0 fully saturated rings. The van der Waals surface area contributed by atoms with E-state index in [1.807, 2.05) is 26.8 Å². The van der Waals surface area contributed by atoms with Gasteiger partial charge >= 0.3 is 5.97 Å². The minimum atomic E-state index is -0.712. The van der Waals surface area contributed by atoms with Crippen molar-refractivity contribution >= 4 is 34.8 Å². The summed E-state index contributed by atoms with van der Waals surface area (Å²) in [5.41, 5.74) is 0.647. The van der Waals surface area contributed by atoms with E-state index < -0.39 is 5.97 Å². The van der Waals surface area contributed by atoms with Crippen LogP contribution in [-0.4, -0.2) is 41.8 Å². The van der Waals surface area contributed by atoms with Gasteiger partial charge in [0.25, 0.3) is 0 Å². The maximum atomic E-state index is 12.4. The molecule has 0 bridgehead atoms. The monoisotopic (exact) mass is 433 g/mol. The second-order valence-electron chi connectivity index (χ2n) is 6.19. The average molecular weight is 434 g/mol. The third-order valence-corrected chi connectivity index (χ3v) is 4.95. The van der Waals surface area contributed by atoms with E-state index in [1.54, 1.807) is 25.1 Å². The minimum absolute atomic E-state index is 0.0893. The lowest BCUT2D eigenvalue weighted by atomic mass is 10.1. The highest BCUT2D eigenvalue weighted by Gasteiger charge is 2.33. The lowest BCUT2D eigenvalue weighted by Crippen LogP contribution is -2.14. The number of carbonyl (C=O) groups is 2. The highest BCUT2D eigenvalue weighted by Crippen LogP contribution is 2.40. The van der Waals surface area contributed by atoms with Crippen molar-refractivity contribution in [3.05, 3.63) is 40.0 Å².